The van der Waals surface area contributed by atoms with Gasteiger partial charge in [-0.2, -0.15) is 5.10 Å². The van der Waals surface area contributed by atoms with Gasteiger partial charge in [-0.25, -0.2) is 0 Å². The summed E-state index contributed by atoms with van der Waals surface area (Å²) >= 11 is 3.43. The number of aryl methyl sites for hydroxylation is 2. The first-order chi connectivity index (χ1) is 9.43. The molecule has 0 saturated carbocycles. The molecule has 1 heterocycles. The third-order valence-corrected chi connectivity index (χ3v) is 3.99. The summed E-state index contributed by atoms with van der Waals surface area (Å²) in [6, 6.07) is 5.68. The van der Waals surface area contributed by atoms with E-state index in [0.29, 0.717) is 6.42 Å². The van der Waals surface area contributed by atoms with Gasteiger partial charge in [0.05, 0.1) is 22.8 Å². The molecule has 0 atom stereocenters. The Kier molecular flexibility index (Phi) is 4.28. The quantitative estimate of drug-likeness (QED) is 0.805. The Hall–Kier alpha value is -1.62. The lowest BCUT2D eigenvalue weighted by Crippen LogP contribution is -2.06. The van der Waals surface area contributed by atoms with Gasteiger partial charge in [-0.3, -0.25) is 9.48 Å². The van der Waals surface area contributed by atoms with Crippen molar-refractivity contribution in [3.63, 3.8) is 0 Å². The number of nitrogens with zero attached hydrogens (tertiary/aromatic N) is 2. The highest BCUT2D eigenvalue weighted by Gasteiger charge is 2.17. The smallest absolute Gasteiger partial charge is 0.170 e. The average Bonchev–Trinajstić information content (AvgIpc) is 2.63. The number of aromatic nitrogens is 2. The minimum atomic E-state index is 0.0881. The number of ketones is 1. The molecule has 0 spiro atoms. The molecule has 2 rings (SSSR count). The van der Waals surface area contributed by atoms with Crippen LogP contribution in [-0.4, -0.2) is 22.7 Å². The van der Waals surface area contributed by atoms with Crippen LogP contribution in [0.4, 0.5) is 0 Å². The molecule has 0 aliphatic carbocycles. The second-order valence-corrected chi connectivity index (χ2v) is 5.59. The fraction of sp³-hybridized carbons (Fsp3) is 0.333. The first kappa shape index (κ1) is 14.8. The van der Waals surface area contributed by atoms with Crippen LogP contribution in [0.3, 0.4) is 0 Å². The summed E-state index contributed by atoms with van der Waals surface area (Å²) in [6.07, 6.45) is 0.357. The molecule has 0 N–H and O–H groups in total. The number of halogens is 1. The number of methoxy groups -OCH3 is 1. The SMILES string of the molecule is COc1ccc(CC(=O)c2c(C)nn(C)c2C)cc1Br. The normalized spacial score (nSPS) is 10.7. The summed E-state index contributed by atoms with van der Waals surface area (Å²) in [6.45, 7) is 3.78. The van der Waals surface area contributed by atoms with E-state index in [9.17, 15) is 4.79 Å². The van der Waals surface area contributed by atoms with E-state index >= 15 is 0 Å². The highest BCUT2D eigenvalue weighted by Crippen LogP contribution is 2.26. The predicted molar refractivity (Wildman–Crippen MR) is 81.4 cm³/mol. The van der Waals surface area contributed by atoms with Crippen LogP contribution in [-0.2, 0) is 13.5 Å². The predicted octanol–water partition coefficient (Wildman–Crippen LogP) is 3.23. The summed E-state index contributed by atoms with van der Waals surface area (Å²) in [7, 11) is 3.47. The van der Waals surface area contributed by atoms with Gasteiger partial charge in [-0.1, -0.05) is 6.07 Å². The number of rotatable bonds is 4. The van der Waals surface area contributed by atoms with Crippen LogP contribution in [0.15, 0.2) is 22.7 Å². The molecule has 0 bridgehead atoms. The Balaban J connectivity index is 2.26. The Morgan fingerprint density at radius 1 is 1.40 bits per heavy atom. The van der Waals surface area contributed by atoms with E-state index < -0.39 is 0 Å². The zero-order valence-corrected chi connectivity index (χ0v) is 13.6. The number of carbonyl (C=O) groups excluding carboxylic acids is 1. The lowest BCUT2D eigenvalue weighted by molar-refractivity contribution is 0.0991. The molecule has 0 unspecified atom stereocenters. The first-order valence-corrected chi connectivity index (χ1v) is 7.09. The van der Waals surface area contributed by atoms with Crippen molar-refractivity contribution >= 4 is 21.7 Å². The zero-order valence-electron chi connectivity index (χ0n) is 12.0. The summed E-state index contributed by atoms with van der Waals surface area (Å²) in [5, 5.41) is 4.28. The molecule has 20 heavy (non-hydrogen) atoms. The van der Waals surface area contributed by atoms with E-state index in [-0.39, 0.29) is 5.78 Å². The van der Waals surface area contributed by atoms with Crippen LogP contribution < -0.4 is 4.74 Å². The summed E-state index contributed by atoms with van der Waals surface area (Å²) in [5.41, 5.74) is 3.35. The molecule has 4 nitrogen and oxygen atoms in total. The van der Waals surface area contributed by atoms with Gasteiger partial charge in [0.1, 0.15) is 5.75 Å². The van der Waals surface area contributed by atoms with Crippen LogP contribution in [0.25, 0.3) is 0 Å². The maximum atomic E-state index is 12.4. The van der Waals surface area contributed by atoms with Crippen molar-refractivity contribution in [3.05, 3.63) is 45.2 Å². The molecule has 0 radical (unpaired) electrons. The molecular formula is C15H17BrN2O2. The van der Waals surface area contributed by atoms with E-state index in [1.54, 1.807) is 11.8 Å². The molecule has 0 fully saturated rings. The van der Waals surface area contributed by atoms with Crippen LogP contribution >= 0.6 is 15.9 Å². The van der Waals surface area contributed by atoms with Crippen molar-refractivity contribution in [3.8, 4) is 5.75 Å². The van der Waals surface area contributed by atoms with E-state index in [0.717, 1.165) is 32.7 Å². The number of hydrogen-bond acceptors (Lipinski definition) is 3. The van der Waals surface area contributed by atoms with Gasteiger partial charge < -0.3 is 4.74 Å². The molecule has 0 amide bonds. The Morgan fingerprint density at radius 3 is 2.60 bits per heavy atom. The summed E-state index contributed by atoms with van der Waals surface area (Å²) in [4.78, 5) is 12.4. The topological polar surface area (TPSA) is 44.1 Å². The van der Waals surface area contributed by atoms with Gasteiger partial charge in [0, 0.05) is 19.2 Å². The van der Waals surface area contributed by atoms with Gasteiger partial charge in [0.15, 0.2) is 5.78 Å². The first-order valence-electron chi connectivity index (χ1n) is 6.30. The highest BCUT2D eigenvalue weighted by molar-refractivity contribution is 9.10. The largest absolute Gasteiger partial charge is 0.496 e. The maximum Gasteiger partial charge on any atom is 0.170 e. The highest BCUT2D eigenvalue weighted by atomic mass is 79.9. The third-order valence-electron chi connectivity index (χ3n) is 3.37. The molecule has 1 aromatic carbocycles. The molecule has 106 valence electrons. The summed E-state index contributed by atoms with van der Waals surface area (Å²) < 4.78 is 7.78. The number of benzene rings is 1. The second kappa shape index (κ2) is 5.79. The van der Waals surface area contributed by atoms with Crippen LogP contribution in [0.5, 0.6) is 5.75 Å². The molecule has 0 aliphatic rings. The van der Waals surface area contributed by atoms with E-state index in [1.165, 1.54) is 0 Å². The Bertz CT molecular complexity index is 662. The number of carbonyl (C=O) groups is 1. The standard InChI is InChI=1S/C15H17BrN2O2/c1-9-15(10(2)18(3)17-9)13(19)8-11-5-6-14(20-4)12(16)7-11/h5-7H,8H2,1-4H3. The van der Waals surface area contributed by atoms with Crippen LogP contribution in [0, 0.1) is 13.8 Å². The molecule has 5 heteroatoms. The van der Waals surface area contributed by atoms with Crippen molar-refractivity contribution in [1.82, 2.24) is 9.78 Å². The minimum absolute atomic E-state index is 0.0881. The van der Waals surface area contributed by atoms with Crippen LogP contribution in [0.1, 0.15) is 27.3 Å². The Labute approximate surface area is 126 Å². The van der Waals surface area contributed by atoms with E-state index in [1.807, 2.05) is 39.1 Å². The maximum absolute atomic E-state index is 12.4. The number of Topliss-reactive ketones (excluding diaryl/α,β-unsaturated/α-hetero) is 1. The molecule has 0 aliphatic heterocycles. The fourth-order valence-corrected chi connectivity index (χ4v) is 2.86. The van der Waals surface area contributed by atoms with E-state index in [4.69, 9.17) is 4.74 Å². The van der Waals surface area contributed by atoms with Crippen molar-refractivity contribution in [2.75, 3.05) is 7.11 Å². The molecular weight excluding hydrogens is 320 g/mol. The number of ether oxygens (including phenoxy) is 1. The second-order valence-electron chi connectivity index (χ2n) is 4.74. The van der Waals surface area contributed by atoms with Gasteiger partial charge in [0.25, 0.3) is 0 Å². The van der Waals surface area contributed by atoms with Crippen molar-refractivity contribution in [2.45, 2.75) is 20.3 Å². The van der Waals surface area contributed by atoms with Gasteiger partial charge >= 0.3 is 0 Å². The van der Waals surface area contributed by atoms with Crippen molar-refractivity contribution in [2.24, 2.45) is 7.05 Å². The summed E-state index contributed by atoms with van der Waals surface area (Å²) in [5.74, 6) is 0.847. The molecule has 1 aromatic heterocycles. The lowest BCUT2D eigenvalue weighted by Gasteiger charge is -2.06. The lowest BCUT2D eigenvalue weighted by atomic mass is 10.0. The van der Waals surface area contributed by atoms with E-state index in [2.05, 4.69) is 21.0 Å². The fourth-order valence-electron chi connectivity index (χ4n) is 2.27. The van der Waals surface area contributed by atoms with Crippen molar-refractivity contribution < 1.29 is 9.53 Å². The number of hydrogen-bond donors (Lipinski definition) is 0. The van der Waals surface area contributed by atoms with Crippen LogP contribution in [0.2, 0.25) is 0 Å². The molecule has 2 aromatic rings. The zero-order chi connectivity index (χ0) is 14.9. The monoisotopic (exact) mass is 336 g/mol. The minimum Gasteiger partial charge on any atom is -0.496 e. The Morgan fingerprint density at radius 2 is 2.10 bits per heavy atom. The van der Waals surface area contributed by atoms with Gasteiger partial charge in [0.2, 0.25) is 0 Å². The van der Waals surface area contributed by atoms with Gasteiger partial charge in [-0.05, 0) is 47.5 Å². The third kappa shape index (κ3) is 2.77. The van der Waals surface area contributed by atoms with Gasteiger partial charge in [-0.15, -0.1) is 0 Å². The van der Waals surface area contributed by atoms with Crippen molar-refractivity contribution in [1.29, 1.82) is 0 Å². The molecule has 0 saturated heterocycles. The average molecular weight is 337 g/mol.